The zero-order valence-corrected chi connectivity index (χ0v) is 5.53. The Hall–Kier alpha value is -0.770. The minimum Gasteiger partial charge on any atom is -0.396 e. The number of azide groups is 1. The van der Waals surface area contributed by atoms with Gasteiger partial charge in [0.25, 0.3) is 0 Å². The van der Waals surface area contributed by atoms with Gasteiger partial charge in [0, 0.05) is 16.9 Å². The Morgan fingerprint density at radius 2 is 2.40 bits per heavy atom. The molecule has 0 aliphatic carbocycles. The fourth-order valence-corrected chi connectivity index (χ4v) is 0.805. The van der Waals surface area contributed by atoms with E-state index in [4.69, 9.17) is 15.4 Å². The summed E-state index contributed by atoms with van der Waals surface area (Å²) < 4.78 is 4.88. The maximum absolute atomic E-state index is 8.80. The molecule has 1 rings (SSSR count). The number of aliphatic hydroxyl groups is 1. The first-order valence-electron chi connectivity index (χ1n) is 3.02. The molecule has 0 amide bonds. The zero-order valence-electron chi connectivity index (χ0n) is 5.53. The lowest BCUT2D eigenvalue weighted by atomic mass is 9.87. The third kappa shape index (κ3) is 1.21. The van der Waals surface area contributed by atoms with Crippen LogP contribution in [-0.2, 0) is 4.74 Å². The van der Waals surface area contributed by atoms with Gasteiger partial charge in [-0.2, -0.15) is 0 Å². The van der Waals surface area contributed by atoms with E-state index in [1.807, 2.05) is 0 Å². The predicted octanol–water partition coefficient (Wildman–Crippen LogP) is 0.306. The van der Waals surface area contributed by atoms with Gasteiger partial charge < -0.3 is 9.84 Å². The van der Waals surface area contributed by atoms with Crippen molar-refractivity contribution in [2.24, 2.45) is 10.5 Å². The van der Waals surface area contributed by atoms with Gasteiger partial charge in [0.05, 0.1) is 19.8 Å². The highest BCUT2D eigenvalue weighted by molar-refractivity contribution is 4.86. The lowest BCUT2D eigenvalue weighted by Crippen LogP contribution is -2.47. The van der Waals surface area contributed by atoms with Crippen molar-refractivity contribution < 1.29 is 9.84 Å². The summed E-state index contributed by atoms with van der Waals surface area (Å²) in [7, 11) is 0. The summed E-state index contributed by atoms with van der Waals surface area (Å²) in [4.78, 5) is 2.61. The molecule has 1 N–H and O–H groups in total. The van der Waals surface area contributed by atoms with E-state index in [0.717, 1.165) is 0 Å². The van der Waals surface area contributed by atoms with Crippen LogP contribution in [0, 0.1) is 5.41 Å². The van der Waals surface area contributed by atoms with E-state index in [0.29, 0.717) is 19.8 Å². The SMILES string of the molecule is [N-]=[N+]=NCC1(CO)COC1. The molecule has 1 aliphatic rings. The highest BCUT2D eigenvalue weighted by atomic mass is 16.5. The van der Waals surface area contributed by atoms with Gasteiger partial charge in [-0.15, -0.1) is 0 Å². The second-order valence-electron chi connectivity index (χ2n) is 2.54. The Morgan fingerprint density at radius 1 is 1.70 bits per heavy atom. The van der Waals surface area contributed by atoms with Crippen molar-refractivity contribution in [3.05, 3.63) is 10.4 Å². The number of hydrogen-bond acceptors (Lipinski definition) is 3. The molecular weight excluding hydrogens is 134 g/mol. The van der Waals surface area contributed by atoms with E-state index in [1.165, 1.54) is 0 Å². The quantitative estimate of drug-likeness (QED) is 0.350. The summed E-state index contributed by atoms with van der Waals surface area (Å²) in [6.45, 7) is 1.37. The molecule has 0 aromatic rings. The minimum atomic E-state index is -0.272. The summed E-state index contributed by atoms with van der Waals surface area (Å²) in [6, 6.07) is 0. The van der Waals surface area contributed by atoms with Crippen LogP contribution in [0.4, 0.5) is 0 Å². The van der Waals surface area contributed by atoms with E-state index in [9.17, 15) is 0 Å². The number of nitrogens with zero attached hydrogens (tertiary/aromatic N) is 3. The standard InChI is InChI=1S/C5H9N3O2/c6-8-7-1-5(2-9)3-10-4-5/h9H,1-4H2. The first kappa shape index (κ1) is 7.34. The summed E-state index contributed by atoms with van der Waals surface area (Å²) >= 11 is 0. The van der Waals surface area contributed by atoms with E-state index in [1.54, 1.807) is 0 Å². The Kier molecular flexibility index (Phi) is 2.11. The molecule has 0 spiro atoms. The van der Waals surface area contributed by atoms with Crippen LogP contribution in [0.2, 0.25) is 0 Å². The lowest BCUT2D eigenvalue weighted by molar-refractivity contribution is -0.130. The fraction of sp³-hybridized carbons (Fsp3) is 1.00. The van der Waals surface area contributed by atoms with Crippen LogP contribution in [-0.4, -0.2) is 31.5 Å². The third-order valence-corrected chi connectivity index (χ3v) is 1.62. The van der Waals surface area contributed by atoms with Crippen LogP contribution in [0.3, 0.4) is 0 Å². The van der Waals surface area contributed by atoms with Crippen LogP contribution >= 0.6 is 0 Å². The van der Waals surface area contributed by atoms with Crippen LogP contribution in [0.5, 0.6) is 0 Å². The van der Waals surface area contributed by atoms with Gasteiger partial charge in [0.15, 0.2) is 0 Å². The molecule has 0 aromatic heterocycles. The zero-order chi connectivity index (χ0) is 7.45. The molecule has 0 aromatic carbocycles. The second kappa shape index (κ2) is 2.88. The highest BCUT2D eigenvalue weighted by Gasteiger charge is 2.37. The number of ether oxygens (including phenoxy) is 1. The maximum atomic E-state index is 8.80. The van der Waals surface area contributed by atoms with Crippen LogP contribution in [0.1, 0.15) is 0 Å². The Morgan fingerprint density at radius 3 is 2.70 bits per heavy atom. The van der Waals surface area contributed by atoms with Gasteiger partial charge in [-0.25, -0.2) is 0 Å². The van der Waals surface area contributed by atoms with E-state index < -0.39 is 0 Å². The fourth-order valence-electron chi connectivity index (χ4n) is 0.805. The smallest absolute Gasteiger partial charge is 0.0568 e. The van der Waals surface area contributed by atoms with Gasteiger partial charge >= 0.3 is 0 Å². The second-order valence-corrected chi connectivity index (χ2v) is 2.54. The molecule has 1 fully saturated rings. The van der Waals surface area contributed by atoms with Crippen LogP contribution in [0.25, 0.3) is 10.4 Å². The van der Waals surface area contributed by atoms with E-state index in [2.05, 4.69) is 10.0 Å². The molecule has 0 unspecified atom stereocenters. The highest BCUT2D eigenvalue weighted by Crippen LogP contribution is 2.26. The molecule has 5 nitrogen and oxygen atoms in total. The Balaban J connectivity index is 2.40. The number of rotatable bonds is 3. The predicted molar refractivity (Wildman–Crippen MR) is 34.4 cm³/mol. The van der Waals surface area contributed by atoms with Crippen LogP contribution < -0.4 is 0 Å². The van der Waals surface area contributed by atoms with Crippen molar-refractivity contribution in [1.82, 2.24) is 0 Å². The number of aliphatic hydroxyl groups excluding tert-OH is 1. The first-order valence-corrected chi connectivity index (χ1v) is 3.02. The molecular formula is C5H9N3O2. The van der Waals surface area contributed by atoms with Crippen molar-refractivity contribution >= 4 is 0 Å². The summed E-state index contributed by atoms with van der Waals surface area (Å²) in [6.07, 6.45) is 0. The van der Waals surface area contributed by atoms with Crippen molar-refractivity contribution in [3.8, 4) is 0 Å². The summed E-state index contributed by atoms with van der Waals surface area (Å²) in [5.41, 5.74) is 7.71. The van der Waals surface area contributed by atoms with Gasteiger partial charge in [-0.3, -0.25) is 0 Å². The molecule has 0 radical (unpaired) electrons. The lowest BCUT2D eigenvalue weighted by Gasteiger charge is -2.38. The Bertz CT molecular complexity index is 155. The molecule has 1 aliphatic heterocycles. The van der Waals surface area contributed by atoms with E-state index >= 15 is 0 Å². The molecule has 0 atom stereocenters. The van der Waals surface area contributed by atoms with Crippen LogP contribution in [0.15, 0.2) is 5.11 Å². The molecule has 0 saturated carbocycles. The summed E-state index contributed by atoms with van der Waals surface area (Å²) in [5, 5.41) is 12.2. The van der Waals surface area contributed by atoms with Crippen molar-refractivity contribution in [3.63, 3.8) is 0 Å². The van der Waals surface area contributed by atoms with Gasteiger partial charge in [-0.05, 0) is 5.53 Å². The van der Waals surface area contributed by atoms with Gasteiger partial charge in [-0.1, -0.05) is 5.11 Å². The number of hydrogen-bond donors (Lipinski definition) is 1. The maximum Gasteiger partial charge on any atom is 0.0568 e. The monoisotopic (exact) mass is 143 g/mol. The van der Waals surface area contributed by atoms with Crippen molar-refractivity contribution in [2.75, 3.05) is 26.4 Å². The third-order valence-electron chi connectivity index (χ3n) is 1.62. The molecule has 0 bridgehead atoms. The molecule has 1 heterocycles. The van der Waals surface area contributed by atoms with Crippen molar-refractivity contribution in [1.29, 1.82) is 0 Å². The Labute approximate surface area is 58.2 Å². The van der Waals surface area contributed by atoms with Crippen molar-refractivity contribution in [2.45, 2.75) is 0 Å². The first-order chi connectivity index (χ1) is 4.83. The minimum absolute atomic E-state index is 0.0337. The largest absolute Gasteiger partial charge is 0.396 e. The van der Waals surface area contributed by atoms with E-state index in [-0.39, 0.29) is 12.0 Å². The molecule has 1 saturated heterocycles. The summed E-state index contributed by atoms with van der Waals surface area (Å²) in [5.74, 6) is 0. The normalized spacial score (nSPS) is 20.9. The van der Waals surface area contributed by atoms with Gasteiger partial charge in [0.1, 0.15) is 0 Å². The average molecular weight is 143 g/mol. The molecule has 10 heavy (non-hydrogen) atoms. The average Bonchev–Trinajstić information content (AvgIpc) is 1.87. The topological polar surface area (TPSA) is 78.2 Å². The van der Waals surface area contributed by atoms with Gasteiger partial charge in [0.2, 0.25) is 0 Å². The molecule has 5 heteroatoms. The molecule has 56 valence electrons.